The molecule has 0 aromatic rings. The highest BCUT2D eigenvalue weighted by Gasteiger charge is 1.91. The molecule has 0 atom stereocenters. The van der Waals surface area contributed by atoms with Gasteiger partial charge in [0.2, 0.25) is 0 Å². The Labute approximate surface area is 74.3 Å². The molecule has 0 saturated carbocycles. The summed E-state index contributed by atoms with van der Waals surface area (Å²) in [6, 6.07) is 0. The molecule has 0 aliphatic rings. The van der Waals surface area contributed by atoms with Crippen molar-refractivity contribution in [2.75, 3.05) is 13.7 Å². The van der Waals surface area contributed by atoms with Crippen molar-refractivity contribution in [3.63, 3.8) is 0 Å². The van der Waals surface area contributed by atoms with Crippen LogP contribution in [0.5, 0.6) is 0 Å². The topological polar surface area (TPSA) is 21.3 Å². The summed E-state index contributed by atoms with van der Waals surface area (Å²) in [5, 5.41) is 3.27. The molecule has 2 nitrogen and oxygen atoms in total. The average Bonchev–Trinajstić information content (AvgIpc) is 2.04. The van der Waals surface area contributed by atoms with Crippen molar-refractivity contribution < 1.29 is 4.74 Å². The Kier molecular flexibility index (Phi) is 7.57. The summed E-state index contributed by atoms with van der Waals surface area (Å²) in [6.07, 6.45) is 4.89. The van der Waals surface area contributed by atoms with E-state index >= 15 is 0 Å². The summed E-state index contributed by atoms with van der Waals surface area (Å²) < 4.78 is 5.16. The predicted octanol–water partition coefficient (Wildman–Crippen LogP) is 2.09. The highest BCUT2D eigenvalue weighted by molar-refractivity contribution is 7.80. The molecule has 0 aromatic heterocycles. The lowest BCUT2D eigenvalue weighted by Crippen LogP contribution is -2.19. The highest BCUT2D eigenvalue weighted by atomic mass is 32.1. The molecule has 0 unspecified atom stereocenters. The second-order valence-electron chi connectivity index (χ2n) is 2.45. The molecule has 3 heteroatoms. The van der Waals surface area contributed by atoms with Gasteiger partial charge in [0, 0.05) is 7.05 Å². The number of rotatable bonds is 5. The van der Waals surface area contributed by atoms with Crippen LogP contribution < -0.4 is 5.32 Å². The first kappa shape index (κ1) is 10.7. The highest BCUT2D eigenvalue weighted by Crippen LogP contribution is 1.98. The molecular weight excluding hydrogens is 158 g/mol. The first-order chi connectivity index (χ1) is 5.31. The quantitative estimate of drug-likeness (QED) is 0.510. The molecule has 0 aliphatic carbocycles. The second kappa shape index (κ2) is 7.79. The number of nitrogens with one attached hydrogen (secondary N) is 1. The van der Waals surface area contributed by atoms with Crippen LogP contribution in [0.4, 0.5) is 0 Å². The van der Waals surface area contributed by atoms with Gasteiger partial charge in [0.05, 0.1) is 6.61 Å². The van der Waals surface area contributed by atoms with E-state index in [0.717, 1.165) is 13.0 Å². The third kappa shape index (κ3) is 7.59. The van der Waals surface area contributed by atoms with Crippen molar-refractivity contribution in [3.8, 4) is 0 Å². The van der Waals surface area contributed by atoms with Gasteiger partial charge >= 0.3 is 0 Å². The number of hydrogen-bond acceptors (Lipinski definition) is 2. The Balaban J connectivity index is 2.95. The summed E-state index contributed by atoms with van der Waals surface area (Å²) in [5.41, 5.74) is 0. The van der Waals surface area contributed by atoms with E-state index in [9.17, 15) is 0 Å². The van der Waals surface area contributed by atoms with Gasteiger partial charge in [-0.15, -0.1) is 0 Å². The monoisotopic (exact) mass is 175 g/mol. The lowest BCUT2D eigenvalue weighted by atomic mass is 10.2. The van der Waals surface area contributed by atoms with Gasteiger partial charge in [0.25, 0.3) is 5.17 Å². The molecule has 0 rings (SSSR count). The SMILES string of the molecule is CCCCCCOC(=S)NC. The maximum Gasteiger partial charge on any atom is 0.256 e. The average molecular weight is 175 g/mol. The largest absolute Gasteiger partial charge is 0.471 e. The minimum absolute atomic E-state index is 0.501. The van der Waals surface area contributed by atoms with E-state index in [-0.39, 0.29) is 0 Å². The van der Waals surface area contributed by atoms with Crippen LogP contribution >= 0.6 is 12.2 Å². The standard InChI is InChI=1S/C8H17NOS/c1-3-4-5-6-7-10-8(11)9-2/h3-7H2,1-2H3,(H,9,11). The fourth-order valence-electron chi connectivity index (χ4n) is 0.766. The summed E-state index contributed by atoms with van der Waals surface area (Å²) in [6.45, 7) is 2.94. The van der Waals surface area contributed by atoms with E-state index in [1.54, 1.807) is 7.05 Å². The molecule has 0 bridgehead atoms. The van der Waals surface area contributed by atoms with Gasteiger partial charge < -0.3 is 10.1 Å². The van der Waals surface area contributed by atoms with E-state index in [2.05, 4.69) is 12.2 Å². The van der Waals surface area contributed by atoms with Gasteiger partial charge in [-0.05, 0) is 18.6 Å². The van der Waals surface area contributed by atoms with Gasteiger partial charge in [-0.2, -0.15) is 0 Å². The van der Waals surface area contributed by atoms with Crippen LogP contribution in [0.3, 0.4) is 0 Å². The van der Waals surface area contributed by atoms with Gasteiger partial charge in [0.15, 0.2) is 0 Å². The first-order valence-corrected chi connectivity index (χ1v) is 4.56. The zero-order chi connectivity index (χ0) is 8.53. The van der Waals surface area contributed by atoms with Crippen molar-refractivity contribution in [3.05, 3.63) is 0 Å². The zero-order valence-electron chi connectivity index (χ0n) is 7.35. The Hall–Kier alpha value is -0.310. The molecular formula is C8H17NOS. The van der Waals surface area contributed by atoms with Crippen LogP contribution in [0.2, 0.25) is 0 Å². The Morgan fingerprint density at radius 3 is 2.64 bits per heavy atom. The van der Waals surface area contributed by atoms with Crippen LogP contribution in [0.25, 0.3) is 0 Å². The lowest BCUT2D eigenvalue weighted by molar-refractivity contribution is 0.289. The number of thiocarbonyl (C=S) groups is 1. The number of hydrogen-bond donors (Lipinski definition) is 1. The second-order valence-corrected chi connectivity index (χ2v) is 2.82. The van der Waals surface area contributed by atoms with Gasteiger partial charge in [-0.1, -0.05) is 26.2 Å². The summed E-state index contributed by atoms with van der Waals surface area (Å²) in [7, 11) is 1.77. The molecule has 0 heterocycles. The van der Waals surface area contributed by atoms with Gasteiger partial charge in [-0.25, -0.2) is 0 Å². The van der Waals surface area contributed by atoms with E-state index in [0.29, 0.717) is 5.17 Å². The fourth-order valence-corrected chi connectivity index (χ4v) is 0.849. The normalized spacial score (nSPS) is 9.27. The molecule has 0 spiro atoms. The van der Waals surface area contributed by atoms with Crippen LogP contribution in [-0.4, -0.2) is 18.8 Å². The minimum Gasteiger partial charge on any atom is -0.471 e. The van der Waals surface area contributed by atoms with Gasteiger partial charge in [0.1, 0.15) is 0 Å². The molecule has 0 fully saturated rings. The number of unbranched alkanes of at least 4 members (excludes halogenated alkanes) is 3. The molecule has 0 aromatic carbocycles. The van der Waals surface area contributed by atoms with Crippen molar-refractivity contribution in [1.29, 1.82) is 0 Å². The molecule has 0 amide bonds. The lowest BCUT2D eigenvalue weighted by Gasteiger charge is -2.04. The van der Waals surface area contributed by atoms with Crippen LogP contribution in [0.15, 0.2) is 0 Å². The first-order valence-electron chi connectivity index (χ1n) is 4.15. The minimum atomic E-state index is 0.501. The number of ether oxygens (including phenoxy) is 1. The predicted molar refractivity (Wildman–Crippen MR) is 51.8 cm³/mol. The van der Waals surface area contributed by atoms with Crippen molar-refractivity contribution >= 4 is 17.4 Å². The van der Waals surface area contributed by atoms with Crippen molar-refractivity contribution in [2.45, 2.75) is 32.6 Å². The third-order valence-corrected chi connectivity index (χ3v) is 1.76. The Morgan fingerprint density at radius 1 is 1.36 bits per heavy atom. The van der Waals surface area contributed by atoms with Crippen molar-refractivity contribution in [2.24, 2.45) is 0 Å². The maximum atomic E-state index is 5.16. The van der Waals surface area contributed by atoms with Crippen LogP contribution in [0.1, 0.15) is 32.6 Å². The van der Waals surface area contributed by atoms with Crippen molar-refractivity contribution in [1.82, 2.24) is 5.32 Å². The molecule has 0 saturated heterocycles. The van der Waals surface area contributed by atoms with E-state index < -0.39 is 0 Å². The Morgan fingerprint density at radius 2 is 2.09 bits per heavy atom. The van der Waals surface area contributed by atoms with E-state index in [4.69, 9.17) is 17.0 Å². The van der Waals surface area contributed by atoms with Crippen LogP contribution in [-0.2, 0) is 4.74 Å². The maximum absolute atomic E-state index is 5.16. The third-order valence-electron chi connectivity index (χ3n) is 1.44. The summed E-state index contributed by atoms with van der Waals surface area (Å²) >= 11 is 4.80. The van der Waals surface area contributed by atoms with Crippen LogP contribution in [0, 0.1) is 0 Å². The molecule has 0 radical (unpaired) electrons. The molecule has 1 N–H and O–H groups in total. The molecule has 0 aliphatic heterocycles. The zero-order valence-corrected chi connectivity index (χ0v) is 8.17. The smallest absolute Gasteiger partial charge is 0.256 e. The molecule has 11 heavy (non-hydrogen) atoms. The fraction of sp³-hybridized carbons (Fsp3) is 0.875. The summed E-state index contributed by atoms with van der Waals surface area (Å²) in [4.78, 5) is 0. The van der Waals surface area contributed by atoms with Gasteiger partial charge in [-0.3, -0.25) is 0 Å². The summed E-state index contributed by atoms with van der Waals surface area (Å²) in [5.74, 6) is 0. The molecule has 66 valence electrons. The Bertz CT molecular complexity index is 106. The van der Waals surface area contributed by atoms with E-state index in [1.165, 1.54) is 19.3 Å². The van der Waals surface area contributed by atoms with E-state index in [1.807, 2.05) is 0 Å².